The maximum Gasteiger partial charge on any atom is 0.159 e. The molecule has 98 valence electrons. The summed E-state index contributed by atoms with van der Waals surface area (Å²) < 4.78 is 5.58. The van der Waals surface area contributed by atoms with Gasteiger partial charge in [-0.1, -0.05) is 55.3 Å². The lowest BCUT2D eigenvalue weighted by atomic mass is 9.98. The molecule has 0 saturated heterocycles. The van der Waals surface area contributed by atoms with Crippen LogP contribution in [-0.2, 0) is 11.2 Å². The molecule has 1 N–H and O–H groups in total. The molecule has 2 unspecified atom stereocenters. The number of aliphatic hydroxyl groups excluding tert-OH is 1. The van der Waals surface area contributed by atoms with E-state index in [0.717, 1.165) is 12.8 Å². The van der Waals surface area contributed by atoms with Crippen molar-refractivity contribution in [3.05, 3.63) is 47.5 Å². The van der Waals surface area contributed by atoms with Crippen molar-refractivity contribution < 1.29 is 9.84 Å². The molecule has 1 aromatic rings. The van der Waals surface area contributed by atoms with E-state index in [4.69, 9.17) is 4.74 Å². The Bertz CT molecular complexity index is 383. The Labute approximate surface area is 109 Å². The van der Waals surface area contributed by atoms with Crippen molar-refractivity contribution in [2.24, 2.45) is 0 Å². The molecule has 0 bridgehead atoms. The molecule has 0 aliphatic carbocycles. The zero-order valence-electron chi connectivity index (χ0n) is 11.0. The highest BCUT2D eigenvalue weighted by atomic mass is 16.6. The summed E-state index contributed by atoms with van der Waals surface area (Å²) in [5.41, 5.74) is 2.60. The molecule has 0 saturated carbocycles. The lowest BCUT2D eigenvalue weighted by Crippen LogP contribution is -2.27. The number of ether oxygens (including phenoxy) is 1. The summed E-state index contributed by atoms with van der Waals surface area (Å²) in [6.07, 6.45) is 6.57. The Morgan fingerprint density at radius 2 is 2.06 bits per heavy atom. The number of benzene rings is 1. The van der Waals surface area contributed by atoms with Gasteiger partial charge in [0.05, 0.1) is 6.10 Å². The Morgan fingerprint density at radius 3 is 2.78 bits per heavy atom. The van der Waals surface area contributed by atoms with Crippen LogP contribution in [0.15, 0.2) is 42.0 Å². The fourth-order valence-electron chi connectivity index (χ4n) is 2.39. The minimum atomic E-state index is -0.629. The van der Waals surface area contributed by atoms with Gasteiger partial charge >= 0.3 is 0 Å². The molecule has 1 aromatic carbocycles. The molecular formula is C16H22O2. The second kappa shape index (κ2) is 6.72. The first kappa shape index (κ1) is 13.3. The highest BCUT2D eigenvalue weighted by molar-refractivity contribution is 5.19. The van der Waals surface area contributed by atoms with Crippen molar-refractivity contribution in [2.75, 3.05) is 0 Å². The van der Waals surface area contributed by atoms with Gasteiger partial charge in [0.2, 0.25) is 0 Å². The maximum atomic E-state index is 9.76. The summed E-state index contributed by atoms with van der Waals surface area (Å²) in [6, 6.07) is 10.3. The summed E-state index contributed by atoms with van der Waals surface area (Å²) >= 11 is 0. The zero-order chi connectivity index (χ0) is 12.8. The van der Waals surface area contributed by atoms with Crippen LogP contribution in [0.5, 0.6) is 0 Å². The third-order valence-corrected chi connectivity index (χ3v) is 3.32. The first-order valence-corrected chi connectivity index (χ1v) is 6.85. The second-order valence-corrected chi connectivity index (χ2v) is 4.95. The van der Waals surface area contributed by atoms with Crippen LogP contribution in [0.4, 0.5) is 0 Å². The van der Waals surface area contributed by atoms with Crippen molar-refractivity contribution in [3.8, 4) is 0 Å². The molecule has 1 heterocycles. The van der Waals surface area contributed by atoms with Gasteiger partial charge in [0.1, 0.15) is 0 Å². The molecule has 2 rings (SSSR count). The van der Waals surface area contributed by atoms with E-state index in [1.807, 2.05) is 18.2 Å². The van der Waals surface area contributed by atoms with Gasteiger partial charge in [0, 0.05) is 12.8 Å². The second-order valence-electron chi connectivity index (χ2n) is 4.95. The highest BCUT2D eigenvalue weighted by Crippen LogP contribution is 2.23. The van der Waals surface area contributed by atoms with Crippen LogP contribution in [-0.4, -0.2) is 17.5 Å². The molecule has 0 spiro atoms. The lowest BCUT2D eigenvalue weighted by molar-refractivity contribution is -0.128. The van der Waals surface area contributed by atoms with Crippen LogP contribution in [0, 0.1) is 0 Å². The summed E-state index contributed by atoms with van der Waals surface area (Å²) in [6.45, 7) is 2.19. The van der Waals surface area contributed by atoms with Crippen molar-refractivity contribution in [1.29, 1.82) is 0 Å². The van der Waals surface area contributed by atoms with E-state index in [1.54, 1.807) is 0 Å². The van der Waals surface area contributed by atoms with Crippen LogP contribution in [0.25, 0.3) is 0 Å². The predicted molar refractivity (Wildman–Crippen MR) is 73.3 cm³/mol. The Hall–Kier alpha value is -1.12. The van der Waals surface area contributed by atoms with Gasteiger partial charge in [-0.25, -0.2) is 0 Å². The van der Waals surface area contributed by atoms with Gasteiger partial charge in [-0.2, -0.15) is 0 Å². The third kappa shape index (κ3) is 3.97. The largest absolute Gasteiger partial charge is 0.368 e. The van der Waals surface area contributed by atoms with Crippen molar-refractivity contribution in [2.45, 2.75) is 51.4 Å². The predicted octanol–water partition coefficient (Wildman–Crippen LogP) is 3.45. The minimum Gasteiger partial charge on any atom is -0.368 e. The maximum absolute atomic E-state index is 9.76. The quantitative estimate of drug-likeness (QED) is 0.806. The molecule has 1 aliphatic rings. The normalized spacial score (nSPS) is 23.8. The molecule has 0 radical (unpaired) electrons. The summed E-state index contributed by atoms with van der Waals surface area (Å²) in [5, 5.41) is 9.76. The van der Waals surface area contributed by atoms with Gasteiger partial charge in [-0.3, -0.25) is 0 Å². The number of hydrogen-bond acceptors (Lipinski definition) is 2. The van der Waals surface area contributed by atoms with Crippen LogP contribution in [0.3, 0.4) is 0 Å². The van der Waals surface area contributed by atoms with Crippen LogP contribution in [0.2, 0.25) is 0 Å². The summed E-state index contributed by atoms with van der Waals surface area (Å²) in [5.74, 6) is 0. The fourth-order valence-corrected chi connectivity index (χ4v) is 2.39. The lowest BCUT2D eigenvalue weighted by Gasteiger charge is -2.26. The van der Waals surface area contributed by atoms with Crippen LogP contribution in [0.1, 0.15) is 38.2 Å². The molecule has 0 amide bonds. The van der Waals surface area contributed by atoms with Crippen molar-refractivity contribution in [1.82, 2.24) is 0 Å². The van der Waals surface area contributed by atoms with E-state index in [9.17, 15) is 5.11 Å². The monoisotopic (exact) mass is 246 g/mol. The molecule has 0 fully saturated rings. The van der Waals surface area contributed by atoms with Crippen molar-refractivity contribution >= 4 is 0 Å². The average Bonchev–Trinajstić information content (AvgIpc) is 2.37. The first-order valence-electron chi connectivity index (χ1n) is 6.85. The fraction of sp³-hybridized carbons (Fsp3) is 0.500. The molecular weight excluding hydrogens is 224 g/mol. The van der Waals surface area contributed by atoms with E-state index in [1.165, 1.54) is 24.0 Å². The van der Waals surface area contributed by atoms with Crippen molar-refractivity contribution in [3.63, 3.8) is 0 Å². The summed E-state index contributed by atoms with van der Waals surface area (Å²) in [4.78, 5) is 0. The molecule has 1 aliphatic heterocycles. The SMILES string of the molecule is CCCCC1=CC(Cc2ccccc2)OC(O)C1. The smallest absolute Gasteiger partial charge is 0.159 e. The zero-order valence-corrected chi connectivity index (χ0v) is 11.0. The third-order valence-electron chi connectivity index (χ3n) is 3.32. The number of rotatable bonds is 5. The van der Waals surface area contributed by atoms with Crippen LogP contribution < -0.4 is 0 Å². The molecule has 2 atom stereocenters. The average molecular weight is 246 g/mol. The van der Waals surface area contributed by atoms with E-state index >= 15 is 0 Å². The number of unbranched alkanes of at least 4 members (excludes halogenated alkanes) is 1. The number of hydrogen-bond donors (Lipinski definition) is 1. The van der Waals surface area contributed by atoms with E-state index in [0.29, 0.717) is 6.42 Å². The molecule has 2 nitrogen and oxygen atoms in total. The van der Waals surface area contributed by atoms with E-state index in [-0.39, 0.29) is 6.10 Å². The van der Waals surface area contributed by atoms with Gasteiger partial charge in [-0.15, -0.1) is 0 Å². The van der Waals surface area contributed by atoms with E-state index in [2.05, 4.69) is 25.1 Å². The Kier molecular flexibility index (Phi) is 4.97. The standard InChI is InChI=1S/C16H22O2/c1-2-3-7-14-11-15(18-16(17)12-14)10-13-8-5-4-6-9-13/h4-6,8-9,11,15-17H,2-3,7,10,12H2,1H3. The van der Waals surface area contributed by atoms with Gasteiger partial charge in [0.25, 0.3) is 0 Å². The number of aliphatic hydroxyl groups is 1. The Morgan fingerprint density at radius 1 is 1.28 bits per heavy atom. The molecule has 0 aromatic heterocycles. The van der Waals surface area contributed by atoms with Gasteiger partial charge < -0.3 is 9.84 Å². The van der Waals surface area contributed by atoms with Gasteiger partial charge in [0.15, 0.2) is 6.29 Å². The first-order chi connectivity index (χ1) is 8.78. The molecule has 2 heteroatoms. The van der Waals surface area contributed by atoms with Gasteiger partial charge in [-0.05, 0) is 18.4 Å². The van der Waals surface area contributed by atoms with E-state index < -0.39 is 6.29 Å². The molecule has 18 heavy (non-hydrogen) atoms. The van der Waals surface area contributed by atoms with Crippen LogP contribution >= 0.6 is 0 Å². The topological polar surface area (TPSA) is 29.5 Å². The Balaban J connectivity index is 1.98. The highest BCUT2D eigenvalue weighted by Gasteiger charge is 2.20. The minimum absolute atomic E-state index is 0.0167. The summed E-state index contributed by atoms with van der Waals surface area (Å²) in [7, 11) is 0.